The molecule has 0 atom stereocenters. The smallest absolute Gasteiger partial charge is 0.0772 e. The Morgan fingerprint density at radius 1 is 1.75 bits per heavy atom. The Hall–Kier alpha value is -0.383. The Labute approximate surface area is 27.1 Å². The van der Waals surface area contributed by atoms with Gasteiger partial charge in [-0.3, -0.25) is 0 Å². The summed E-state index contributed by atoms with van der Waals surface area (Å²) in [6.07, 6.45) is 0. The molecule has 0 fully saturated rings. The van der Waals surface area contributed by atoms with Gasteiger partial charge in [-0.05, 0) is 11.0 Å². The van der Waals surface area contributed by atoms with Crippen LogP contribution < -0.4 is 5.26 Å². The van der Waals surface area contributed by atoms with Crippen LogP contribution in [0.3, 0.4) is 0 Å². The van der Waals surface area contributed by atoms with Gasteiger partial charge in [-0.25, -0.2) is 0 Å². The van der Waals surface area contributed by atoms with Gasteiger partial charge >= 0.3 is 0 Å². The molecule has 0 amide bonds. The van der Waals surface area contributed by atoms with E-state index in [0.717, 1.165) is 0 Å². The highest BCUT2D eigenvalue weighted by molar-refractivity contribution is 5.75. The summed E-state index contributed by atoms with van der Waals surface area (Å²) in [5, 5.41) is 7.88. The van der Waals surface area contributed by atoms with Crippen LogP contribution in [-0.2, 0) is 0 Å². The molecule has 0 aromatic carbocycles. The van der Waals surface area contributed by atoms with Crippen LogP contribution in [0.15, 0.2) is 0 Å². The van der Waals surface area contributed by atoms with Crippen LogP contribution in [0.5, 0.6) is 0 Å². The fraction of sp³-hybridized carbons (Fsp3) is 0. The molecule has 0 aromatic rings. The lowest BCUT2D eigenvalue weighted by Crippen LogP contribution is -1.82. The molecule has 0 saturated heterocycles. The minimum absolute atomic E-state index is 0. The molecule has 4 heteroatoms. The zero-order chi connectivity index (χ0) is 2.71. The molecule has 0 aliphatic rings. The van der Waals surface area contributed by atoms with Crippen molar-refractivity contribution in [2.24, 2.45) is 0 Å². The number of hydrogen-bond acceptors (Lipinski definition) is 2. The third-order valence-corrected chi connectivity index (χ3v) is 0. The van der Waals surface area contributed by atoms with Gasteiger partial charge in [0, 0.05) is 0 Å². The van der Waals surface area contributed by atoms with Gasteiger partial charge < -0.3 is 0 Å². The molecule has 0 bridgehead atoms. The van der Waals surface area contributed by atoms with Gasteiger partial charge in [-0.15, -0.1) is 0 Å². The molecule has 0 heterocycles. The van der Waals surface area contributed by atoms with E-state index in [1.165, 1.54) is 0 Å². The second-order valence-corrected chi connectivity index (χ2v) is 0.0680. The van der Waals surface area contributed by atoms with Crippen molar-refractivity contribution >= 4 is 11.0 Å². The number of hydrogen-bond donors (Lipinski definition) is 0. The van der Waals surface area contributed by atoms with Crippen molar-refractivity contribution < 1.29 is 5.26 Å². The van der Waals surface area contributed by atoms with E-state index in [2.05, 4.69) is 0 Å². The quantitative estimate of drug-likeness (QED) is 0.139. The molecule has 26 valence electrons. The maximum Gasteiger partial charge on any atom is 0.154 e. The normalized spacial score (nSPS) is 3.00. The standard InChI is InChI=1S/O3.H4Si/c1-3-2;/h;1H4. The Morgan fingerprint density at radius 2 is 1.75 bits per heavy atom. The van der Waals surface area contributed by atoms with E-state index < -0.39 is 0 Å². The highest BCUT2D eigenvalue weighted by Crippen LogP contribution is 1.00. The van der Waals surface area contributed by atoms with Crippen molar-refractivity contribution in [3.8, 4) is 0 Å². The predicted octanol–water partition coefficient (Wildman–Crippen LogP) is -2.57. The van der Waals surface area contributed by atoms with E-state index >= 15 is 0 Å². The summed E-state index contributed by atoms with van der Waals surface area (Å²) in [4.78, 5) is 7.88. The first-order valence-corrected chi connectivity index (χ1v) is 0.333. The van der Waals surface area contributed by atoms with E-state index in [-0.39, 0.29) is 11.0 Å². The molecule has 0 aliphatic heterocycles. The van der Waals surface area contributed by atoms with Gasteiger partial charge in [0.1, 0.15) is 0 Å². The molecule has 0 radical (unpaired) electrons. The van der Waals surface area contributed by atoms with Gasteiger partial charge in [-0.2, -0.15) is 0 Å². The fourth-order valence-corrected chi connectivity index (χ4v) is 0. The zero-order valence-corrected chi connectivity index (χ0v) is 1.22. The Bertz CT molecular complexity index is 10.8. The highest BCUT2D eigenvalue weighted by atomic mass is 28.1. The van der Waals surface area contributed by atoms with Crippen molar-refractivity contribution in [1.82, 2.24) is 0 Å². The average molecular weight is 80.1 g/mol. The lowest BCUT2D eigenvalue weighted by Gasteiger charge is -1.19. The summed E-state index contributed by atoms with van der Waals surface area (Å²) in [7, 11) is 0. The van der Waals surface area contributed by atoms with Crippen LogP contribution in [0.25, 0.3) is 0 Å². The van der Waals surface area contributed by atoms with Crippen LogP contribution in [-0.4, -0.2) is 11.0 Å². The molecule has 0 aromatic heterocycles. The molecule has 0 spiro atoms. The number of rotatable bonds is 0. The molecule has 0 N–H and O–H groups in total. The SMILES string of the molecule is O=[O+][O-].[SiH4]. The predicted molar refractivity (Wildman–Crippen MR) is 18.1 cm³/mol. The third kappa shape index (κ3) is 4.19. The second kappa shape index (κ2) is 18.0. The Morgan fingerprint density at radius 3 is 1.75 bits per heavy atom. The first-order chi connectivity index (χ1) is 1.41. The van der Waals surface area contributed by atoms with Crippen LogP contribution in [0, 0.1) is 9.71 Å². The minimum atomic E-state index is 0. The second-order valence-electron chi connectivity index (χ2n) is 0.0680. The fourth-order valence-electron chi connectivity index (χ4n) is 0. The molecule has 0 aliphatic carbocycles. The van der Waals surface area contributed by atoms with Gasteiger partial charge in [0.05, 0.1) is 0 Å². The molecule has 0 saturated carbocycles. The highest BCUT2D eigenvalue weighted by Gasteiger charge is 1.27. The summed E-state index contributed by atoms with van der Waals surface area (Å²) in [6.45, 7) is 0. The Balaban J connectivity index is 0. The van der Waals surface area contributed by atoms with Crippen molar-refractivity contribution in [1.29, 1.82) is 0 Å². The molecular weight excluding hydrogens is 76.1 g/mol. The van der Waals surface area contributed by atoms with Crippen LogP contribution in [0.2, 0.25) is 0 Å². The van der Waals surface area contributed by atoms with Gasteiger partial charge in [0.25, 0.3) is 0 Å². The largest absolute Gasteiger partial charge is 0.154 e. The van der Waals surface area contributed by atoms with Crippen molar-refractivity contribution in [2.45, 2.75) is 0 Å². The minimum Gasteiger partial charge on any atom is -0.0772 e. The van der Waals surface area contributed by atoms with Gasteiger partial charge in [0.2, 0.25) is 0 Å². The monoisotopic (exact) mass is 80.0 g/mol. The summed E-state index contributed by atoms with van der Waals surface area (Å²) >= 11 is 0. The van der Waals surface area contributed by atoms with Gasteiger partial charge in [-0.1, -0.05) is 10.2 Å². The topological polar surface area (TPSA) is 51.4 Å². The maximum atomic E-state index is 7.88. The van der Waals surface area contributed by atoms with E-state index in [4.69, 9.17) is 10.2 Å². The lowest BCUT2D eigenvalue weighted by atomic mass is 14.8. The molecule has 3 nitrogen and oxygen atoms in total. The lowest BCUT2D eigenvalue weighted by molar-refractivity contribution is -0.284. The van der Waals surface area contributed by atoms with E-state index in [9.17, 15) is 0 Å². The van der Waals surface area contributed by atoms with E-state index in [1.54, 1.807) is 4.75 Å². The third-order valence-electron chi connectivity index (χ3n) is 0. The van der Waals surface area contributed by atoms with E-state index in [0.29, 0.717) is 0 Å². The molecular formula is H4O3Si. The van der Waals surface area contributed by atoms with E-state index in [1.807, 2.05) is 0 Å². The van der Waals surface area contributed by atoms with Crippen molar-refractivity contribution in [3.05, 3.63) is 9.71 Å². The average Bonchev–Trinajstić information content (AvgIpc) is 0.918. The van der Waals surface area contributed by atoms with Crippen molar-refractivity contribution in [2.75, 3.05) is 0 Å². The first-order valence-electron chi connectivity index (χ1n) is 0.333. The Kier molecular flexibility index (Phi) is 42.6. The summed E-state index contributed by atoms with van der Waals surface area (Å²) in [6, 6.07) is 0. The molecule has 0 rings (SSSR count). The van der Waals surface area contributed by atoms with Crippen LogP contribution in [0.1, 0.15) is 0 Å². The summed E-state index contributed by atoms with van der Waals surface area (Å²) in [5.41, 5.74) is 0. The first kappa shape index (κ1) is 9.47. The van der Waals surface area contributed by atoms with Crippen LogP contribution >= 0.6 is 0 Å². The summed E-state index contributed by atoms with van der Waals surface area (Å²) in [5.74, 6) is 0. The van der Waals surface area contributed by atoms with Crippen molar-refractivity contribution in [3.63, 3.8) is 0 Å². The molecule has 4 heavy (non-hydrogen) atoms. The zero-order valence-electron chi connectivity index (χ0n) is 1.22. The maximum absolute atomic E-state index is 7.88. The van der Waals surface area contributed by atoms with Crippen LogP contribution in [0.4, 0.5) is 0 Å². The summed E-state index contributed by atoms with van der Waals surface area (Å²) < 4.78 is 1.75. The van der Waals surface area contributed by atoms with Gasteiger partial charge in [0.15, 0.2) is 4.75 Å². The molecule has 0 unspecified atom stereocenters.